The molecule has 0 amide bonds. The van der Waals surface area contributed by atoms with Gasteiger partial charge < -0.3 is 13.6 Å². The molecule has 0 saturated heterocycles. The van der Waals surface area contributed by atoms with E-state index in [1.807, 2.05) is 0 Å². The largest absolute Gasteiger partial charge is 0.469 e. The smallest absolute Gasteiger partial charge is 0.309 e. The summed E-state index contributed by atoms with van der Waals surface area (Å²) in [6.07, 6.45) is 0.807. The number of methoxy groups -OCH3 is 1. The molecule has 1 aliphatic carbocycles. The van der Waals surface area contributed by atoms with Crippen LogP contribution in [0.1, 0.15) is 54.9 Å². The van der Waals surface area contributed by atoms with E-state index >= 15 is 0 Å². The summed E-state index contributed by atoms with van der Waals surface area (Å²) in [6.45, 7) is 25.5. The van der Waals surface area contributed by atoms with Crippen LogP contribution in [0, 0.1) is 17.8 Å². The van der Waals surface area contributed by atoms with Gasteiger partial charge in [-0.1, -0.05) is 48.5 Å². The fourth-order valence-electron chi connectivity index (χ4n) is 3.21. The van der Waals surface area contributed by atoms with Gasteiger partial charge in [0.1, 0.15) is 0 Å². The molecule has 4 atom stereocenters. The predicted molar refractivity (Wildman–Crippen MR) is 118 cm³/mol. The SMILES string of the molecule is COC(=O)[C@@H]1C[C@H](O[Si](C)(C)C(C)(C)C)[C@@H](CO[Si](C)(C)C(C)(C)C)[C@@H]1C. The lowest BCUT2D eigenvalue weighted by Crippen LogP contribution is -2.47. The van der Waals surface area contributed by atoms with E-state index in [1.54, 1.807) is 0 Å². The molecule has 4 nitrogen and oxygen atoms in total. The monoisotopic (exact) mass is 416 g/mol. The van der Waals surface area contributed by atoms with E-state index < -0.39 is 16.6 Å². The number of rotatable bonds is 6. The second-order valence-corrected chi connectivity index (χ2v) is 20.9. The molecule has 0 aromatic rings. The highest BCUT2D eigenvalue weighted by atomic mass is 28.4. The molecule has 1 saturated carbocycles. The van der Waals surface area contributed by atoms with Gasteiger partial charge >= 0.3 is 5.97 Å². The van der Waals surface area contributed by atoms with Crippen LogP contribution in [0.2, 0.25) is 36.3 Å². The molecule has 0 radical (unpaired) electrons. The highest BCUT2D eigenvalue weighted by molar-refractivity contribution is 6.74. The van der Waals surface area contributed by atoms with Crippen molar-refractivity contribution in [3.63, 3.8) is 0 Å². The first-order valence-corrected chi connectivity index (χ1v) is 16.2. The van der Waals surface area contributed by atoms with Crippen LogP contribution < -0.4 is 0 Å². The van der Waals surface area contributed by atoms with Crippen molar-refractivity contribution in [3.05, 3.63) is 0 Å². The number of ether oxygens (including phenoxy) is 1. The maximum Gasteiger partial charge on any atom is 0.309 e. The Morgan fingerprint density at radius 2 is 1.44 bits per heavy atom. The van der Waals surface area contributed by atoms with Crippen molar-refractivity contribution in [1.29, 1.82) is 0 Å². The second kappa shape index (κ2) is 8.29. The minimum atomic E-state index is -1.92. The van der Waals surface area contributed by atoms with Gasteiger partial charge in [-0.05, 0) is 48.6 Å². The summed E-state index contributed by atoms with van der Waals surface area (Å²) >= 11 is 0. The molecule has 0 N–H and O–H groups in total. The lowest BCUT2D eigenvalue weighted by atomic mass is 9.91. The molecule has 0 aromatic carbocycles. The van der Waals surface area contributed by atoms with Gasteiger partial charge in [0.2, 0.25) is 0 Å². The van der Waals surface area contributed by atoms with E-state index in [0.29, 0.717) is 6.61 Å². The Kier molecular flexibility index (Phi) is 7.63. The third-order valence-corrected chi connectivity index (χ3v) is 16.5. The number of hydrogen-bond donors (Lipinski definition) is 0. The zero-order valence-corrected chi connectivity index (χ0v) is 21.9. The normalized spacial score (nSPS) is 27.7. The van der Waals surface area contributed by atoms with Crippen LogP contribution in [0.5, 0.6) is 0 Å². The van der Waals surface area contributed by atoms with Crippen LogP contribution in [0.3, 0.4) is 0 Å². The fraction of sp³-hybridized carbons (Fsp3) is 0.952. The zero-order chi connectivity index (χ0) is 21.4. The van der Waals surface area contributed by atoms with Crippen molar-refractivity contribution in [3.8, 4) is 0 Å². The van der Waals surface area contributed by atoms with Crippen LogP contribution >= 0.6 is 0 Å². The number of esters is 1. The first-order chi connectivity index (χ1) is 11.9. The predicted octanol–water partition coefficient (Wildman–Crippen LogP) is 5.84. The number of carbonyl (C=O) groups excluding carboxylic acids is 1. The van der Waals surface area contributed by atoms with Crippen LogP contribution in [-0.2, 0) is 18.4 Å². The minimum absolute atomic E-state index is 0.0646. The highest BCUT2D eigenvalue weighted by Crippen LogP contribution is 2.46. The Hall–Kier alpha value is -0.176. The van der Waals surface area contributed by atoms with E-state index in [0.717, 1.165) is 6.42 Å². The molecule has 6 heteroatoms. The molecule has 0 unspecified atom stereocenters. The van der Waals surface area contributed by atoms with Crippen molar-refractivity contribution < 1.29 is 18.4 Å². The highest BCUT2D eigenvalue weighted by Gasteiger charge is 2.50. The lowest BCUT2D eigenvalue weighted by Gasteiger charge is -2.41. The van der Waals surface area contributed by atoms with Gasteiger partial charge in [-0.3, -0.25) is 4.79 Å². The molecule has 27 heavy (non-hydrogen) atoms. The summed E-state index contributed by atoms with van der Waals surface area (Å²) < 4.78 is 18.4. The minimum Gasteiger partial charge on any atom is -0.469 e. The Labute approximate surface area is 170 Å². The second-order valence-electron chi connectivity index (χ2n) is 11.4. The molecule has 0 heterocycles. The van der Waals surface area contributed by atoms with Crippen LogP contribution in [0.25, 0.3) is 0 Å². The quantitative estimate of drug-likeness (QED) is 0.403. The third kappa shape index (κ3) is 5.67. The summed E-state index contributed by atoms with van der Waals surface area (Å²) in [6, 6.07) is 0. The van der Waals surface area contributed by atoms with Crippen LogP contribution in [-0.4, -0.2) is 42.4 Å². The molecule has 1 rings (SSSR count). The first-order valence-electron chi connectivity index (χ1n) is 10.3. The fourth-order valence-corrected chi connectivity index (χ4v) is 5.63. The van der Waals surface area contributed by atoms with Gasteiger partial charge in [-0.15, -0.1) is 0 Å². The summed E-state index contributed by atoms with van der Waals surface area (Å²) in [7, 11) is -2.28. The molecule has 0 aromatic heterocycles. The van der Waals surface area contributed by atoms with Gasteiger partial charge in [0.15, 0.2) is 16.6 Å². The Bertz CT molecular complexity index is 517. The molecule has 0 spiro atoms. The zero-order valence-electron chi connectivity index (χ0n) is 19.9. The molecule has 0 bridgehead atoms. The molecular weight excluding hydrogens is 372 g/mol. The number of carbonyl (C=O) groups is 1. The van der Waals surface area contributed by atoms with Crippen molar-refractivity contribution in [2.45, 2.75) is 97.3 Å². The topological polar surface area (TPSA) is 44.8 Å². The Balaban J connectivity index is 3.05. The van der Waals surface area contributed by atoms with Crippen molar-refractivity contribution in [1.82, 2.24) is 0 Å². The van der Waals surface area contributed by atoms with Gasteiger partial charge in [0.05, 0.1) is 19.1 Å². The van der Waals surface area contributed by atoms with Gasteiger partial charge in [-0.2, -0.15) is 0 Å². The summed E-state index contributed by atoms with van der Waals surface area (Å²) in [5, 5.41) is 0.316. The van der Waals surface area contributed by atoms with E-state index in [4.69, 9.17) is 13.6 Å². The van der Waals surface area contributed by atoms with Crippen LogP contribution in [0.4, 0.5) is 0 Å². The van der Waals surface area contributed by atoms with Crippen molar-refractivity contribution >= 4 is 22.6 Å². The average molecular weight is 417 g/mol. The lowest BCUT2D eigenvalue weighted by molar-refractivity contribution is -0.146. The molecule has 160 valence electrons. The molecule has 1 aliphatic rings. The van der Waals surface area contributed by atoms with E-state index in [-0.39, 0.29) is 39.9 Å². The molecule has 0 aliphatic heterocycles. The Morgan fingerprint density at radius 1 is 0.963 bits per heavy atom. The maximum absolute atomic E-state index is 12.3. The Morgan fingerprint density at radius 3 is 1.85 bits per heavy atom. The maximum atomic E-state index is 12.3. The summed E-state index contributed by atoms with van der Waals surface area (Å²) in [5.74, 6) is 0.230. The molecular formula is C21H44O4Si2. The standard InChI is InChI=1S/C21H44O4Si2/c1-15-16(19(22)23-8)13-18(25-27(11,12)21(5,6)7)17(15)14-24-26(9,10)20(2,3)4/h15-18H,13-14H2,1-12H3/t15-,16-,17+,18+/m1/s1. The first kappa shape index (κ1) is 24.9. The molecule has 1 fully saturated rings. The summed E-state index contributed by atoms with van der Waals surface area (Å²) in [4.78, 5) is 12.3. The van der Waals surface area contributed by atoms with Crippen molar-refractivity contribution in [2.75, 3.05) is 13.7 Å². The van der Waals surface area contributed by atoms with Crippen molar-refractivity contribution in [2.24, 2.45) is 17.8 Å². The number of hydrogen-bond acceptors (Lipinski definition) is 4. The third-order valence-electron chi connectivity index (χ3n) is 7.47. The van der Waals surface area contributed by atoms with E-state index in [1.165, 1.54) is 7.11 Å². The summed E-state index contributed by atoms with van der Waals surface area (Å²) in [5.41, 5.74) is 0. The van der Waals surface area contributed by atoms with Gasteiger partial charge in [0, 0.05) is 12.5 Å². The van der Waals surface area contributed by atoms with Crippen LogP contribution in [0.15, 0.2) is 0 Å². The van der Waals surface area contributed by atoms with Gasteiger partial charge in [-0.25, -0.2) is 0 Å². The van der Waals surface area contributed by atoms with Gasteiger partial charge in [0.25, 0.3) is 0 Å². The average Bonchev–Trinajstić information content (AvgIpc) is 2.77. The van der Waals surface area contributed by atoms with E-state index in [2.05, 4.69) is 74.7 Å². The van der Waals surface area contributed by atoms with E-state index in [9.17, 15) is 4.79 Å².